The average molecular weight is 245 g/mol. The van der Waals surface area contributed by atoms with Crippen molar-refractivity contribution >= 4 is 35.5 Å². The Kier molecular flexibility index (Phi) is 7.13. The van der Waals surface area contributed by atoms with Crippen LogP contribution in [0.4, 0.5) is 0 Å². The topological polar surface area (TPSA) is 40.5 Å². The van der Waals surface area contributed by atoms with Gasteiger partial charge in [-0.1, -0.05) is 18.5 Å². The molecule has 0 aliphatic carbocycles. The van der Waals surface area contributed by atoms with Crippen molar-refractivity contribution in [1.29, 1.82) is 0 Å². The van der Waals surface area contributed by atoms with Crippen molar-refractivity contribution in [3.8, 4) is 0 Å². The molecule has 0 aliphatic heterocycles. The van der Waals surface area contributed by atoms with Gasteiger partial charge < -0.3 is 10.2 Å². The van der Waals surface area contributed by atoms with Crippen LogP contribution in [0, 0.1) is 0 Å². The Balaban J connectivity index is 0. The third kappa shape index (κ3) is 10.1. The molecule has 0 aromatic rings. The van der Waals surface area contributed by atoms with E-state index >= 15 is 0 Å². The fourth-order valence-electron chi connectivity index (χ4n) is 0.318. The number of hydrogen-bond donors (Lipinski definition) is 2. The monoisotopic (exact) mass is 246 g/mol. The molecular formula is C4H11ClO2Sn. The van der Waals surface area contributed by atoms with E-state index in [2.05, 4.69) is 0 Å². The molecule has 0 unspecified atom stereocenters. The van der Waals surface area contributed by atoms with Crippen molar-refractivity contribution in [2.24, 2.45) is 0 Å². The first-order valence-corrected chi connectivity index (χ1v) is 2.57. The Morgan fingerprint density at radius 2 is 1.88 bits per heavy atom. The van der Waals surface area contributed by atoms with E-state index in [1.54, 1.807) is 0 Å². The van der Waals surface area contributed by atoms with Gasteiger partial charge in [-0.2, -0.15) is 0 Å². The molecule has 0 amide bonds. The van der Waals surface area contributed by atoms with Gasteiger partial charge in [0, 0.05) is 6.42 Å². The Labute approximate surface area is 70.8 Å². The summed E-state index contributed by atoms with van der Waals surface area (Å²) in [5.74, 6) is 0. The van der Waals surface area contributed by atoms with E-state index in [0.717, 1.165) is 0 Å². The van der Waals surface area contributed by atoms with Gasteiger partial charge in [-0.3, -0.25) is 0 Å². The summed E-state index contributed by atoms with van der Waals surface area (Å²) in [6, 6.07) is 0. The predicted molar refractivity (Wildman–Crippen MR) is 36.5 cm³/mol. The van der Waals surface area contributed by atoms with Crippen LogP contribution in [0.5, 0.6) is 0 Å². The second-order valence-corrected chi connectivity index (χ2v) is 2.07. The van der Waals surface area contributed by atoms with Gasteiger partial charge in [0.1, 0.15) is 0 Å². The van der Waals surface area contributed by atoms with E-state index in [9.17, 15) is 0 Å². The van der Waals surface area contributed by atoms with Gasteiger partial charge >= 0.3 is 23.9 Å². The Bertz CT molecular complexity index is 52.5. The summed E-state index contributed by atoms with van der Waals surface area (Å²) in [6.45, 7) is 1.82. The van der Waals surface area contributed by atoms with Gasteiger partial charge in [0.2, 0.25) is 5.25 Å². The summed E-state index contributed by atoms with van der Waals surface area (Å²) in [5, 5.41) is 14.7. The molecule has 0 bridgehead atoms. The summed E-state index contributed by atoms with van der Waals surface area (Å²) in [5.41, 5.74) is 0. The van der Waals surface area contributed by atoms with Gasteiger partial charge in [-0.05, 0) is 6.42 Å². The first kappa shape index (κ1) is 11.8. The molecule has 8 heavy (non-hydrogen) atoms. The number of halogens is 1. The van der Waals surface area contributed by atoms with E-state index in [4.69, 9.17) is 21.8 Å². The summed E-state index contributed by atoms with van der Waals surface area (Å²) in [7, 11) is 0. The minimum absolute atomic E-state index is 0. The molecule has 4 heteroatoms. The normalized spacial score (nSPS) is 10.5. The van der Waals surface area contributed by atoms with Crippen molar-refractivity contribution in [2.45, 2.75) is 25.0 Å². The summed E-state index contributed by atoms with van der Waals surface area (Å²) in [6.07, 6.45) is 0.894. The molecule has 0 aliphatic rings. The van der Waals surface area contributed by atoms with E-state index in [-0.39, 0.29) is 30.3 Å². The van der Waals surface area contributed by atoms with Crippen molar-refractivity contribution in [3.05, 3.63) is 0 Å². The molecule has 0 saturated heterocycles. The first-order chi connectivity index (χ1) is 3.06. The molecule has 0 spiro atoms. The quantitative estimate of drug-likeness (QED) is 0.400. The van der Waals surface area contributed by atoms with E-state index in [1.807, 2.05) is 6.92 Å². The molecule has 50 valence electrons. The fourth-order valence-corrected chi connectivity index (χ4v) is 0.507. The molecular weight excluding hydrogens is 234 g/mol. The first-order valence-electron chi connectivity index (χ1n) is 2.20. The van der Waals surface area contributed by atoms with Gasteiger partial charge in [-0.15, -0.1) is 0 Å². The van der Waals surface area contributed by atoms with Crippen LogP contribution in [-0.2, 0) is 0 Å². The molecule has 0 aromatic heterocycles. The van der Waals surface area contributed by atoms with Crippen LogP contribution in [0.15, 0.2) is 0 Å². The van der Waals surface area contributed by atoms with Gasteiger partial charge in [0.05, 0.1) is 0 Å². The molecule has 2 radical (unpaired) electrons. The van der Waals surface area contributed by atoms with Gasteiger partial charge in [0.15, 0.2) is 0 Å². The Morgan fingerprint density at radius 3 is 1.88 bits per heavy atom. The zero-order chi connectivity index (χ0) is 5.91. The number of aliphatic hydroxyl groups is 2. The molecule has 0 saturated carbocycles. The predicted octanol–water partition coefficient (Wildman–Crippen LogP) is -0.253. The standard InChI is InChI=1S/C4H9ClO2.Sn.2H/c1-2-3-4(5,6)7;;;/h6-7H,2-3H2,1H3;;;. The van der Waals surface area contributed by atoms with Crippen LogP contribution in [0.1, 0.15) is 19.8 Å². The SMILES string of the molecule is CCCC(O)(O)Cl.[SnH2]. The van der Waals surface area contributed by atoms with Crippen LogP contribution in [0.25, 0.3) is 0 Å². The Hall–Kier alpha value is 1.01. The molecule has 0 rings (SSSR count). The zero-order valence-electron chi connectivity index (χ0n) is 4.89. The van der Waals surface area contributed by atoms with Gasteiger partial charge in [-0.25, -0.2) is 0 Å². The molecule has 2 nitrogen and oxygen atoms in total. The second-order valence-electron chi connectivity index (χ2n) is 1.47. The Morgan fingerprint density at radius 1 is 1.50 bits per heavy atom. The number of hydrogen-bond acceptors (Lipinski definition) is 2. The van der Waals surface area contributed by atoms with E-state index < -0.39 is 5.25 Å². The average Bonchev–Trinajstić information content (AvgIpc) is 1.30. The summed E-state index contributed by atoms with van der Waals surface area (Å²) in [4.78, 5) is 0. The number of rotatable bonds is 2. The minimum atomic E-state index is -1.98. The van der Waals surface area contributed by atoms with Crippen LogP contribution in [-0.4, -0.2) is 39.4 Å². The third-order valence-electron chi connectivity index (χ3n) is 0.568. The summed E-state index contributed by atoms with van der Waals surface area (Å²) >= 11 is 4.94. The van der Waals surface area contributed by atoms with Crippen molar-refractivity contribution < 1.29 is 10.2 Å². The molecule has 0 fully saturated rings. The van der Waals surface area contributed by atoms with Crippen LogP contribution < -0.4 is 0 Å². The van der Waals surface area contributed by atoms with E-state index in [0.29, 0.717) is 6.42 Å². The molecule has 0 atom stereocenters. The fraction of sp³-hybridized carbons (Fsp3) is 1.00. The van der Waals surface area contributed by atoms with Crippen LogP contribution >= 0.6 is 11.6 Å². The summed E-state index contributed by atoms with van der Waals surface area (Å²) < 4.78 is 0. The number of alkyl halides is 1. The zero-order valence-corrected chi connectivity index (χ0v) is 9.69. The van der Waals surface area contributed by atoms with Crippen molar-refractivity contribution in [3.63, 3.8) is 0 Å². The third-order valence-corrected chi connectivity index (χ3v) is 0.757. The van der Waals surface area contributed by atoms with Crippen molar-refractivity contribution in [1.82, 2.24) is 0 Å². The molecule has 2 N–H and O–H groups in total. The molecule has 0 heterocycles. The van der Waals surface area contributed by atoms with Crippen LogP contribution in [0.2, 0.25) is 0 Å². The maximum atomic E-state index is 8.34. The van der Waals surface area contributed by atoms with E-state index in [1.165, 1.54) is 0 Å². The molecule has 0 aromatic carbocycles. The second kappa shape index (κ2) is 4.85. The maximum absolute atomic E-state index is 8.34. The van der Waals surface area contributed by atoms with Crippen molar-refractivity contribution in [2.75, 3.05) is 0 Å². The van der Waals surface area contributed by atoms with Gasteiger partial charge in [0.25, 0.3) is 0 Å². The van der Waals surface area contributed by atoms with Crippen LogP contribution in [0.3, 0.4) is 0 Å².